The third-order valence-electron chi connectivity index (χ3n) is 4.96. The minimum atomic E-state index is -0.816. The summed E-state index contributed by atoms with van der Waals surface area (Å²) in [5, 5.41) is 19.0. The summed E-state index contributed by atoms with van der Waals surface area (Å²) in [6.45, 7) is 0. The summed E-state index contributed by atoms with van der Waals surface area (Å²) in [5.41, 5.74) is 7.13. The second kappa shape index (κ2) is 7.81. The lowest BCUT2D eigenvalue weighted by molar-refractivity contribution is -0.121. The number of rotatable bonds is 4. The summed E-state index contributed by atoms with van der Waals surface area (Å²) in [7, 11) is 0. The summed E-state index contributed by atoms with van der Waals surface area (Å²) in [4.78, 5) is 30.8. The van der Waals surface area contributed by atoms with Crippen molar-refractivity contribution in [3.63, 3.8) is 0 Å². The molecule has 30 heavy (non-hydrogen) atoms. The number of pyridine rings is 1. The SMILES string of the molecule is N#Cc1c(N)nc(SC2CC(=O)N(c3c(Cl)cccc3Cl)C2=O)c(C#N)c1C1CC1. The van der Waals surface area contributed by atoms with E-state index in [0.717, 1.165) is 29.5 Å². The van der Waals surface area contributed by atoms with E-state index >= 15 is 0 Å². The van der Waals surface area contributed by atoms with Gasteiger partial charge in [-0.1, -0.05) is 41.0 Å². The minimum Gasteiger partial charge on any atom is -0.383 e. The molecular formula is C20H13Cl2N5O2S. The van der Waals surface area contributed by atoms with Gasteiger partial charge in [0.15, 0.2) is 0 Å². The second-order valence-electron chi connectivity index (χ2n) is 6.91. The molecule has 10 heteroatoms. The molecule has 7 nitrogen and oxygen atoms in total. The Labute approximate surface area is 186 Å². The minimum absolute atomic E-state index is 0.0173. The molecule has 2 aliphatic rings. The van der Waals surface area contributed by atoms with E-state index in [-0.39, 0.29) is 50.0 Å². The van der Waals surface area contributed by atoms with Gasteiger partial charge in [0.25, 0.3) is 0 Å². The van der Waals surface area contributed by atoms with Crippen molar-refractivity contribution in [2.45, 2.75) is 35.5 Å². The first-order valence-corrected chi connectivity index (χ1v) is 10.6. The van der Waals surface area contributed by atoms with Crippen molar-refractivity contribution in [2.75, 3.05) is 10.6 Å². The van der Waals surface area contributed by atoms with Gasteiger partial charge in [-0.25, -0.2) is 9.88 Å². The Hall–Kier alpha value is -2.78. The number of carbonyl (C=O) groups is 2. The predicted octanol–water partition coefficient (Wildman–Crippen LogP) is 4.02. The lowest BCUT2D eigenvalue weighted by Gasteiger charge is -2.18. The number of nitrogen functional groups attached to an aromatic ring is 1. The molecule has 2 amide bonds. The number of aromatic nitrogens is 1. The maximum absolute atomic E-state index is 13.0. The Morgan fingerprint density at radius 2 is 1.77 bits per heavy atom. The van der Waals surface area contributed by atoms with Crippen molar-refractivity contribution < 1.29 is 9.59 Å². The summed E-state index contributed by atoms with van der Waals surface area (Å²) in [5.74, 6) is -0.849. The van der Waals surface area contributed by atoms with Crippen molar-refractivity contribution >= 4 is 58.3 Å². The fourth-order valence-corrected chi connectivity index (χ4v) is 5.15. The van der Waals surface area contributed by atoms with E-state index in [1.165, 1.54) is 0 Å². The quantitative estimate of drug-likeness (QED) is 0.687. The molecule has 1 aliphatic carbocycles. The van der Waals surface area contributed by atoms with Gasteiger partial charge < -0.3 is 5.73 Å². The van der Waals surface area contributed by atoms with Crippen LogP contribution in [0.4, 0.5) is 11.5 Å². The first-order valence-electron chi connectivity index (χ1n) is 8.98. The van der Waals surface area contributed by atoms with Gasteiger partial charge in [-0.15, -0.1) is 0 Å². The van der Waals surface area contributed by atoms with E-state index in [0.29, 0.717) is 5.56 Å². The number of halogens is 2. The standard InChI is InChI=1S/C20H13Cl2N5O2S/c21-12-2-1-3-13(22)17(12)27-15(28)6-14(20(27)29)30-19-11(8-24)16(9-4-5-9)10(7-23)18(25)26-19/h1-3,9,14H,4-6H2,(H2,25,26). The number of benzene rings is 1. The molecule has 1 atom stereocenters. The number of para-hydroxylation sites is 1. The number of nitrogens with zero attached hydrogens (tertiary/aromatic N) is 4. The lowest BCUT2D eigenvalue weighted by atomic mass is 10.0. The molecule has 2 N–H and O–H groups in total. The number of amides is 2. The summed E-state index contributed by atoms with van der Waals surface area (Å²) in [6.07, 6.45) is 1.61. The number of imide groups is 1. The zero-order chi connectivity index (χ0) is 21.6. The molecule has 0 spiro atoms. The molecule has 1 saturated carbocycles. The third-order valence-corrected chi connectivity index (χ3v) is 6.74. The van der Waals surface area contributed by atoms with Crippen LogP contribution < -0.4 is 10.6 Å². The van der Waals surface area contributed by atoms with Gasteiger partial charge in [0.1, 0.15) is 23.0 Å². The van der Waals surface area contributed by atoms with Crippen molar-refractivity contribution in [1.29, 1.82) is 10.5 Å². The Balaban J connectivity index is 1.71. The van der Waals surface area contributed by atoms with Gasteiger partial charge in [-0.05, 0) is 36.5 Å². The molecule has 1 aromatic heterocycles. The molecule has 1 saturated heterocycles. The number of anilines is 2. The van der Waals surface area contributed by atoms with Crippen LogP contribution in [0.15, 0.2) is 23.2 Å². The van der Waals surface area contributed by atoms with Crippen LogP contribution in [0.25, 0.3) is 0 Å². The molecule has 2 aromatic rings. The van der Waals surface area contributed by atoms with Crippen molar-refractivity contribution in [3.05, 3.63) is 44.9 Å². The van der Waals surface area contributed by atoms with E-state index in [2.05, 4.69) is 11.1 Å². The Morgan fingerprint density at radius 1 is 1.13 bits per heavy atom. The maximum Gasteiger partial charge on any atom is 0.247 e. The molecule has 150 valence electrons. The monoisotopic (exact) mass is 457 g/mol. The van der Waals surface area contributed by atoms with E-state index in [9.17, 15) is 20.1 Å². The van der Waals surface area contributed by atoms with Crippen molar-refractivity contribution in [1.82, 2.24) is 4.98 Å². The van der Waals surface area contributed by atoms with Crippen molar-refractivity contribution in [3.8, 4) is 12.1 Å². The predicted molar refractivity (Wildman–Crippen MR) is 113 cm³/mol. The van der Waals surface area contributed by atoms with E-state index < -0.39 is 17.1 Å². The summed E-state index contributed by atoms with van der Waals surface area (Å²) >= 11 is 13.3. The second-order valence-corrected chi connectivity index (χ2v) is 8.92. The van der Waals surface area contributed by atoms with E-state index in [4.69, 9.17) is 28.9 Å². The first kappa shape index (κ1) is 20.5. The Kier molecular flexibility index (Phi) is 5.33. The summed E-state index contributed by atoms with van der Waals surface area (Å²) < 4.78 is 0. The highest BCUT2D eigenvalue weighted by molar-refractivity contribution is 8.00. The van der Waals surface area contributed by atoms with Crippen LogP contribution in [-0.4, -0.2) is 22.0 Å². The third kappa shape index (κ3) is 3.37. The molecule has 1 aromatic carbocycles. The highest BCUT2D eigenvalue weighted by Gasteiger charge is 2.43. The van der Waals surface area contributed by atoms with Gasteiger partial charge in [0.2, 0.25) is 11.8 Å². The normalized spacial score (nSPS) is 18.4. The largest absolute Gasteiger partial charge is 0.383 e. The molecule has 2 fully saturated rings. The van der Waals surface area contributed by atoms with Crippen LogP contribution in [0.3, 0.4) is 0 Å². The topological polar surface area (TPSA) is 124 Å². The van der Waals surface area contributed by atoms with E-state index in [1.807, 2.05) is 6.07 Å². The molecule has 0 radical (unpaired) electrons. The van der Waals surface area contributed by atoms with E-state index in [1.54, 1.807) is 18.2 Å². The van der Waals surface area contributed by atoms with Gasteiger partial charge in [0.05, 0.1) is 32.1 Å². The first-order chi connectivity index (χ1) is 14.4. The number of hydrogen-bond acceptors (Lipinski definition) is 7. The summed E-state index contributed by atoms with van der Waals surface area (Å²) in [6, 6.07) is 8.84. The zero-order valence-corrected chi connectivity index (χ0v) is 17.7. The van der Waals surface area contributed by atoms with Crippen LogP contribution >= 0.6 is 35.0 Å². The molecule has 4 rings (SSSR count). The Morgan fingerprint density at radius 3 is 2.33 bits per heavy atom. The zero-order valence-electron chi connectivity index (χ0n) is 15.4. The number of nitrogens with two attached hydrogens (primary N) is 1. The molecule has 1 unspecified atom stereocenters. The van der Waals surface area contributed by atoms with Crippen LogP contribution in [0.5, 0.6) is 0 Å². The van der Waals surface area contributed by atoms with Crippen LogP contribution in [0.2, 0.25) is 10.0 Å². The number of carbonyl (C=O) groups excluding carboxylic acids is 2. The highest BCUT2D eigenvalue weighted by Crippen LogP contribution is 2.47. The number of hydrogen-bond donors (Lipinski definition) is 1. The lowest BCUT2D eigenvalue weighted by Crippen LogP contribution is -2.31. The smallest absolute Gasteiger partial charge is 0.247 e. The van der Waals surface area contributed by atoms with Gasteiger partial charge >= 0.3 is 0 Å². The number of nitriles is 2. The molecule has 0 bridgehead atoms. The number of thioether (sulfide) groups is 1. The van der Waals surface area contributed by atoms with Gasteiger partial charge in [0, 0.05) is 6.42 Å². The fourth-order valence-electron chi connectivity index (χ4n) is 3.46. The highest BCUT2D eigenvalue weighted by atomic mass is 35.5. The maximum atomic E-state index is 13.0. The van der Waals surface area contributed by atoms with Crippen LogP contribution in [0.1, 0.15) is 41.9 Å². The molecule has 2 heterocycles. The van der Waals surface area contributed by atoms with Gasteiger partial charge in [-0.2, -0.15) is 10.5 Å². The van der Waals surface area contributed by atoms with Crippen LogP contribution in [0, 0.1) is 22.7 Å². The molecular weight excluding hydrogens is 445 g/mol. The average Bonchev–Trinajstić information content (AvgIpc) is 3.50. The van der Waals surface area contributed by atoms with Crippen molar-refractivity contribution in [2.24, 2.45) is 0 Å². The molecule has 1 aliphatic heterocycles. The fraction of sp³-hybridized carbons (Fsp3) is 0.250. The Bertz CT molecular complexity index is 1160. The average molecular weight is 458 g/mol. The van der Waals surface area contributed by atoms with Gasteiger partial charge in [-0.3, -0.25) is 9.59 Å². The van der Waals surface area contributed by atoms with Crippen LogP contribution in [-0.2, 0) is 9.59 Å².